The first kappa shape index (κ1) is 14.1. The molecular weight excluding hydrogens is 299 g/mol. The molecule has 102 valence electrons. The van der Waals surface area contributed by atoms with Crippen LogP contribution in [0.25, 0.3) is 0 Å². The van der Waals surface area contributed by atoms with Gasteiger partial charge in [0.2, 0.25) is 5.88 Å². The molecule has 2 rings (SSSR count). The van der Waals surface area contributed by atoms with E-state index in [0.29, 0.717) is 6.42 Å². The number of aromatic nitrogens is 1. The van der Waals surface area contributed by atoms with Crippen molar-refractivity contribution in [3.8, 4) is 5.88 Å². The molecule has 0 bridgehead atoms. The number of rotatable bonds is 4. The van der Waals surface area contributed by atoms with Crippen LogP contribution in [0, 0.1) is 0 Å². The van der Waals surface area contributed by atoms with Crippen LogP contribution in [-0.2, 0) is 12.6 Å². The summed E-state index contributed by atoms with van der Waals surface area (Å²) in [5, 5.41) is 1.69. The zero-order chi connectivity index (χ0) is 13.9. The molecule has 0 radical (unpaired) electrons. The molecule has 7 heteroatoms. The molecule has 0 fully saturated rings. The van der Waals surface area contributed by atoms with Crippen molar-refractivity contribution in [2.45, 2.75) is 12.6 Å². The first-order valence-corrected chi connectivity index (χ1v) is 6.61. The van der Waals surface area contributed by atoms with Crippen molar-refractivity contribution in [3.63, 3.8) is 0 Å². The molecular formula is C12H9ClF3NOS. The number of halogens is 4. The van der Waals surface area contributed by atoms with Crippen molar-refractivity contribution < 1.29 is 17.9 Å². The fourth-order valence-corrected chi connectivity index (χ4v) is 2.31. The smallest absolute Gasteiger partial charge is 0.416 e. The quantitative estimate of drug-likeness (QED) is 0.779. The molecule has 0 aromatic carbocycles. The molecule has 0 amide bonds. The van der Waals surface area contributed by atoms with Gasteiger partial charge in [-0.3, -0.25) is 0 Å². The molecule has 2 nitrogen and oxygen atoms in total. The van der Waals surface area contributed by atoms with Crippen LogP contribution in [0.3, 0.4) is 0 Å². The van der Waals surface area contributed by atoms with E-state index in [0.717, 1.165) is 17.0 Å². The van der Waals surface area contributed by atoms with E-state index in [1.54, 1.807) is 11.3 Å². The van der Waals surface area contributed by atoms with Gasteiger partial charge < -0.3 is 4.74 Å². The lowest BCUT2D eigenvalue weighted by Gasteiger charge is -2.10. The maximum absolute atomic E-state index is 12.6. The fourth-order valence-electron chi connectivity index (χ4n) is 1.42. The summed E-state index contributed by atoms with van der Waals surface area (Å²) in [4.78, 5) is 4.81. The van der Waals surface area contributed by atoms with Crippen LogP contribution >= 0.6 is 22.9 Å². The Morgan fingerprint density at radius 3 is 2.74 bits per heavy atom. The second-order valence-corrected chi connectivity index (χ2v) is 5.11. The van der Waals surface area contributed by atoms with E-state index in [4.69, 9.17) is 16.3 Å². The molecule has 0 aliphatic rings. The Hall–Kier alpha value is -1.27. The molecule has 0 aliphatic heterocycles. The third kappa shape index (κ3) is 4.11. The maximum atomic E-state index is 12.6. The van der Waals surface area contributed by atoms with Gasteiger partial charge in [0.05, 0.1) is 12.2 Å². The normalized spacial score (nSPS) is 11.6. The minimum atomic E-state index is -4.46. The zero-order valence-corrected chi connectivity index (χ0v) is 11.1. The summed E-state index contributed by atoms with van der Waals surface area (Å²) in [5.74, 6) is -0.114. The van der Waals surface area contributed by atoms with E-state index in [-0.39, 0.29) is 17.6 Å². The Labute approximate surface area is 116 Å². The highest BCUT2D eigenvalue weighted by Crippen LogP contribution is 2.32. The molecule has 0 spiro atoms. The van der Waals surface area contributed by atoms with Crippen molar-refractivity contribution in [1.29, 1.82) is 0 Å². The number of ether oxygens (including phenoxy) is 1. The molecule has 0 aliphatic carbocycles. The molecule has 2 aromatic rings. The number of pyridine rings is 1. The molecule has 0 saturated heterocycles. The lowest BCUT2D eigenvalue weighted by Crippen LogP contribution is -2.08. The molecule has 2 heterocycles. The Balaban J connectivity index is 2.02. The van der Waals surface area contributed by atoms with Gasteiger partial charge in [-0.15, -0.1) is 11.3 Å². The minimum absolute atomic E-state index is 0.114. The van der Waals surface area contributed by atoms with Crippen LogP contribution in [-0.4, -0.2) is 11.6 Å². The van der Waals surface area contributed by atoms with E-state index in [9.17, 15) is 13.2 Å². The van der Waals surface area contributed by atoms with Crippen molar-refractivity contribution in [2.24, 2.45) is 0 Å². The van der Waals surface area contributed by atoms with Gasteiger partial charge in [-0.1, -0.05) is 17.7 Å². The van der Waals surface area contributed by atoms with Crippen molar-refractivity contribution >= 4 is 22.9 Å². The average Bonchev–Trinajstić information content (AvgIpc) is 2.80. The van der Waals surface area contributed by atoms with Crippen molar-refractivity contribution in [3.05, 3.63) is 45.2 Å². The van der Waals surface area contributed by atoms with Crippen LogP contribution in [0.5, 0.6) is 5.88 Å². The molecule has 0 N–H and O–H groups in total. The van der Waals surface area contributed by atoms with Crippen LogP contribution in [0.1, 0.15) is 10.4 Å². The third-order valence-electron chi connectivity index (χ3n) is 2.28. The third-order valence-corrected chi connectivity index (χ3v) is 3.41. The van der Waals surface area contributed by atoms with E-state index in [1.165, 1.54) is 0 Å². The Kier molecular flexibility index (Phi) is 4.31. The van der Waals surface area contributed by atoms with Gasteiger partial charge in [-0.25, -0.2) is 4.98 Å². The summed E-state index contributed by atoms with van der Waals surface area (Å²) in [6.07, 6.45) is -3.84. The van der Waals surface area contributed by atoms with Gasteiger partial charge in [0.1, 0.15) is 5.15 Å². The highest BCUT2D eigenvalue weighted by Gasteiger charge is 2.31. The number of nitrogens with zero attached hydrogens (tertiary/aromatic N) is 1. The van der Waals surface area contributed by atoms with Crippen LogP contribution < -0.4 is 4.74 Å². The summed E-state index contributed by atoms with van der Waals surface area (Å²) in [6, 6.07) is 5.45. The molecule has 0 unspecified atom stereocenters. The standard InChI is InChI=1S/C12H9ClF3NOS/c13-10-6-8(12(14,15)16)7-11(17-10)18-4-3-9-2-1-5-19-9/h1-2,5-7H,3-4H2. The van der Waals surface area contributed by atoms with Crippen LogP contribution in [0.2, 0.25) is 5.15 Å². The lowest BCUT2D eigenvalue weighted by molar-refractivity contribution is -0.137. The van der Waals surface area contributed by atoms with E-state index < -0.39 is 11.7 Å². The Morgan fingerprint density at radius 1 is 1.32 bits per heavy atom. The van der Waals surface area contributed by atoms with Crippen LogP contribution in [0.4, 0.5) is 13.2 Å². The zero-order valence-electron chi connectivity index (χ0n) is 9.58. The first-order valence-electron chi connectivity index (χ1n) is 5.35. The summed E-state index contributed by atoms with van der Waals surface area (Å²) >= 11 is 7.11. The number of hydrogen-bond acceptors (Lipinski definition) is 3. The molecule has 0 atom stereocenters. The summed E-state index contributed by atoms with van der Waals surface area (Å²) < 4.78 is 42.9. The second kappa shape index (κ2) is 5.79. The van der Waals surface area contributed by atoms with Crippen molar-refractivity contribution in [2.75, 3.05) is 6.61 Å². The summed E-state index contributed by atoms with van der Waals surface area (Å²) in [7, 11) is 0. The van der Waals surface area contributed by atoms with Crippen LogP contribution in [0.15, 0.2) is 29.6 Å². The van der Waals surface area contributed by atoms with E-state index in [1.807, 2.05) is 17.5 Å². The fraction of sp³-hybridized carbons (Fsp3) is 0.250. The number of thiophene rings is 1. The van der Waals surface area contributed by atoms with E-state index in [2.05, 4.69) is 4.98 Å². The highest BCUT2D eigenvalue weighted by atomic mass is 35.5. The number of alkyl halides is 3. The highest BCUT2D eigenvalue weighted by molar-refractivity contribution is 7.09. The van der Waals surface area contributed by atoms with Gasteiger partial charge in [0.25, 0.3) is 0 Å². The summed E-state index contributed by atoms with van der Waals surface area (Å²) in [6.45, 7) is 0.255. The number of hydrogen-bond donors (Lipinski definition) is 0. The van der Waals surface area contributed by atoms with Gasteiger partial charge >= 0.3 is 6.18 Å². The van der Waals surface area contributed by atoms with Gasteiger partial charge in [-0.05, 0) is 17.5 Å². The maximum Gasteiger partial charge on any atom is 0.416 e. The predicted molar refractivity (Wildman–Crippen MR) is 67.8 cm³/mol. The monoisotopic (exact) mass is 307 g/mol. The Bertz CT molecular complexity index is 542. The van der Waals surface area contributed by atoms with Gasteiger partial charge in [0, 0.05) is 17.4 Å². The SMILES string of the molecule is FC(F)(F)c1cc(Cl)nc(OCCc2cccs2)c1. The minimum Gasteiger partial charge on any atom is -0.477 e. The topological polar surface area (TPSA) is 22.1 Å². The van der Waals surface area contributed by atoms with Crippen molar-refractivity contribution in [1.82, 2.24) is 4.98 Å². The average molecular weight is 308 g/mol. The molecule has 0 saturated carbocycles. The predicted octanol–water partition coefficient (Wildman–Crippen LogP) is 4.44. The summed E-state index contributed by atoms with van der Waals surface area (Å²) in [5.41, 5.74) is -0.862. The largest absolute Gasteiger partial charge is 0.477 e. The van der Waals surface area contributed by atoms with Gasteiger partial charge in [0.15, 0.2) is 0 Å². The Morgan fingerprint density at radius 2 is 2.11 bits per heavy atom. The second-order valence-electron chi connectivity index (χ2n) is 3.69. The van der Waals surface area contributed by atoms with E-state index >= 15 is 0 Å². The van der Waals surface area contributed by atoms with Gasteiger partial charge in [-0.2, -0.15) is 13.2 Å². The molecule has 2 aromatic heterocycles. The lowest BCUT2D eigenvalue weighted by atomic mass is 10.2. The molecule has 19 heavy (non-hydrogen) atoms. The first-order chi connectivity index (χ1) is 8.95.